The predicted octanol–water partition coefficient (Wildman–Crippen LogP) is 2.41. The lowest BCUT2D eigenvalue weighted by Crippen LogP contribution is -1.94. The minimum atomic E-state index is -0.329. The van der Waals surface area contributed by atoms with Crippen LogP contribution in [0.25, 0.3) is 11.3 Å². The van der Waals surface area contributed by atoms with Crippen LogP contribution in [-0.2, 0) is 7.05 Å². The Kier molecular flexibility index (Phi) is 2.45. The molecule has 0 aliphatic rings. The summed E-state index contributed by atoms with van der Waals surface area (Å²) in [6.45, 7) is 1.81. The second-order valence-electron chi connectivity index (χ2n) is 3.54. The summed E-state index contributed by atoms with van der Waals surface area (Å²) in [6, 6.07) is 8.17. The molecule has 0 N–H and O–H groups in total. The van der Waals surface area contributed by atoms with Crippen LogP contribution in [0.4, 0.5) is 4.39 Å². The number of halogens is 1. The first-order valence-electron chi connectivity index (χ1n) is 4.83. The molecule has 0 fully saturated rings. The van der Waals surface area contributed by atoms with Gasteiger partial charge in [0.05, 0.1) is 0 Å². The fourth-order valence-corrected chi connectivity index (χ4v) is 1.58. The van der Waals surface area contributed by atoms with Crippen LogP contribution >= 0.6 is 0 Å². The summed E-state index contributed by atoms with van der Waals surface area (Å²) in [5, 5.41) is 9.04. The van der Waals surface area contributed by atoms with Gasteiger partial charge in [-0.1, -0.05) is 12.1 Å². The van der Waals surface area contributed by atoms with Crippen LogP contribution in [0.5, 0.6) is 0 Å². The van der Waals surface area contributed by atoms with E-state index in [1.54, 1.807) is 23.7 Å². The Morgan fingerprint density at radius 2 is 2.19 bits per heavy atom. The van der Waals surface area contributed by atoms with Crippen molar-refractivity contribution in [2.75, 3.05) is 0 Å². The van der Waals surface area contributed by atoms with Gasteiger partial charge < -0.3 is 4.57 Å². The van der Waals surface area contributed by atoms with Crippen LogP contribution in [-0.4, -0.2) is 9.55 Å². The van der Waals surface area contributed by atoms with Gasteiger partial charge >= 0.3 is 0 Å². The predicted molar refractivity (Wildman–Crippen MR) is 58.1 cm³/mol. The maximum Gasteiger partial charge on any atom is 0.147 e. The molecule has 0 aliphatic carbocycles. The van der Waals surface area contributed by atoms with Gasteiger partial charge in [-0.25, -0.2) is 9.37 Å². The Hall–Kier alpha value is -2.15. The lowest BCUT2D eigenvalue weighted by molar-refractivity contribution is 0.628. The van der Waals surface area contributed by atoms with Gasteiger partial charge in [0, 0.05) is 12.6 Å². The quantitative estimate of drug-likeness (QED) is 0.733. The van der Waals surface area contributed by atoms with Crippen molar-refractivity contribution in [2.45, 2.75) is 6.92 Å². The highest BCUT2D eigenvalue weighted by Gasteiger charge is 2.13. The van der Waals surface area contributed by atoms with Crippen LogP contribution in [0, 0.1) is 24.1 Å². The fraction of sp³-hybridized carbons (Fsp3) is 0.167. The molecule has 0 aliphatic heterocycles. The largest absolute Gasteiger partial charge is 0.323 e. The van der Waals surface area contributed by atoms with E-state index in [9.17, 15) is 4.39 Å². The van der Waals surface area contributed by atoms with Crippen LogP contribution < -0.4 is 0 Å². The van der Waals surface area contributed by atoms with E-state index in [2.05, 4.69) is 11.1 Å². The molecule has 0 amide bonds. The monoisotopic (exact) mass is 215 g/mol. The van der Waals surface area contributed by atoms with Crippen molar-refractivity contribution in [3.63, 3.8) is 0 Å². The highest BCUT2D eigenvalue weighted by atomic mass is 19.1. The first-order chi connectivity index (χ1) is 7.63. The first kappa shape index (κ1) is 10.4. The van der Waals surface area contributed by atoms with E-state index in [0.717, 1.165) is 5.82 Å². The molecular formula is C12H10FN3. The van der Waals surface area contributed by atoms with Gasteiger partial charge in [0.25, 0.3) is 0 Å². The SMILES string of the molecule is Cc1nc(-c2cccc(F)c2)c(C#N)n1C. The maximum absolute atomic E-state index is 13.1. The Morgan fingerprint density at radius 1 is 1.44 bits per heavy atom. The number of hydrogen-bond acceptors (Lipinski definition) is 2. The minimum absolute atomic E-state index is 0.329. The molecule has 0 bridgehead atoms. The number of benzene rings is 1. The molecule has 2 rings (SSSR count). The molecule has 16 heavy (non-hydrogen) atoms. The highest BCUT2D eigenvalue weighted by molar-refractivity contribution is 5.65. The average molecular weight is 215 g/mol. The zero-order valence-electron chi connectivity index (χ0n) is 9.03. The number of imidazole rings is 1. The van der Waals surface area contributed by atoms with Crippen molar-refractivity contribution < 1.29 is 4.39 Å². The van der Waals surface area contributed by atoms with Crippen molar-refractivity contribution >= 4 is 0 Å². The van der Waals surface area contributed by atoms with Crippen molar-refractivity contribution in [2.24, 2.45) is 7.05 Å². The Labute approximate surface area is 92.8 Å². The van der Waals surface area contributed by atoms with Crippen molar-refractivity contribution in [1.82, 2.24) is 9.55 Å². The lowest BCUT2D eigenvalue weighted by Gasteiger charge is -1.98. The molecule has 0 radical (unpaired) electrons. The van der Waals surface area contributed by atoms with Gasteiger partial charge in [-0.15, -0.1) is 0 Å². The summed E-state index contributed by atoms with van der Waals surface area (Å²) < 4.78 is 14.8. The second kappa shape index (κ2) is 3.78. The van der Waals surface area contributed by atoms with Gasteiger partial charge in [-0.3, -0.25) is 0 Å². The summed E-state index contributed by atoms with van der Waals surface area (Å²) >= 11 is 0. The van der Waals surface area contributed by atoms with Crippen molar-refractivity contribution in [3.8, 4) is 17.3 Å². The third kappa shape index (κ3) is 1.57. The first-order valence-corrected chi connectivity index (χ1v) is 4.83. The standard InChI is InChI=1S/C12H10FN3/c1-8-15-12(11(7-14)16(8)2)9-4-3-5-10(13)6-9/h3-6H,1-2H3. The van der Waals surface area contributed by atoms with E-state index in [1.165, 1.54) is 12.1 Å². The third-order valence-electron chi connectivity index (χ3n) is 2.52. The average Bonchev–Trinajstić information content (AvgIpc) is 2.55. The lowest BCUT2D eigenvalue weighted by atomic mass is 10.1. The van der Waals surface area contributed by atoms with Gasteiger partial charge in [0.1, 0.15) is 29.1 Å². The van der Waals surface area contributed by atoms with E-state index >= 15 is 0 Å². The van der Waals surface area contributed by atoms with Crippen LogP contribution in [0.2, 0.25) is 0 Å². The van der Waals surface area contributed by atoms with Crippen LogP contribution in [0.3, 0.4) is 0 Å². The zero-order valence-corrected chi connectivity index (χ0v) is 9.03. The molecule has 80 valence electrons. The van der Waals surface area contributed by atoms with Crippen LogP contribution in [0.1, 0.15) is 11.5 Å². The van der Waals surface area contributed by atoms with E-state index in [1.807, 2.05) is 6.92 Å². The van der Waals surface area contributed by atoms with Gasteiger partial charge in [0.2, 0.25) is 0 Å². The Morgan fingerprint density at radius 3 is 2.81 bits per heavy atom. The number of aromatic nitrogens is 2. The molecule has 0 saturated carbocycles. The summed E-state index contributed by atoms with van der Waals surface area (Å²) in [4.78, 5) is 4.27. The van der Waals surface area contributed by atoms with Gasteiger partial charge in [-0.05, 0) is 19.1 Å². The molecule has 3 nitrogen and oxygen atoms in total. The maximum atomic E-state index is 13.1. The van der Waals surface area contributed by atoms with E-state index in [-0.39, 0.29) is 5.82 Å². The summed E-state index contributed by atoms with van der Waals surface area (Å²) in [5.41, 5.74) is 1.60. The molecule has 1 aromatic carbocycles. The van der Waals surface area contributed by atoms with E-state index in [0.29, 0.717) is 17.0 Å². The van der Waals surface area contributed by atoms with Gasteiger partial charge in [-0.2, -0.15) is 5.26 Å². The second-order valence-corrected chi connectivity index (χ2v) is 3.54. The van der Waals surface area contributed by atoms with Crippen LogP contribution in [0.15, 0.2) is 24.3 Å². The number of hydrogen-bond donors (Lipinski definition) is 0. The van der Waals surface area contributed by atoms with E-state index in [4.69, 9.17) is 5.26 Å². The number of aryl methyl sites for hydroxylation is 1. The van der Waals surface area contributed by atoms with Gasteiger partial charge in [0.15, 0.2) is 0 Å². The summed E-state index contributed by atoms with van der Waals surface area (Å²) in [7, 11) is 1.77. The zero-order chi connectivity index (χ0) is 11.7. The normalized spacial score (nSPS) is 10.1. The third-order valence-corrected chi connectivity index (χ3v) is 2.52. The van der Waals surface area contributed by atoms with Crippen molar-refractivity contribution in [1.29, 1.82) is 5.26 Å². The minimum Gasteiger partial charge on any atom is -0.323 e. The van der Waals surface area contributed by atoms with E-state index < -0.39 is 0 Å². The molecule has 0 unspecified atom stereocenters. The Bertz CT molecular complexity index is 578. The van der Waals surface area contributed by atoms with Crippen molar-refractivity contribution in [3.05, 3.63) is 41.6 Å². The molecule has 0 atom stereocenters. The number of nitrogens with zero attached hydrogens (tertiary/aromatic N) is 3. The summed E-state index contributed by atoms with van der Waals surface area (Å²) in [5.74, 6) is 0.403. The molecule has 4 heteroatoms. The molecule has 0 saturated heterocycles. The highest BCUT2D eigenvalue weighted by Crippen LogP contribution is 2.23. The fourth-order valence-electron chi connectivity index (χ4n) is 1.58. The molecule has 1 aromatic heterocycles. The smallest absolute Gasteiger partial charge is 0.147 e. The molecular weight excluding hydrogens is 205 g/mol. The number of rotatable bonds is 1. The molecule has 2 aromatic rings. The summed E-state index contributed by atoms with van der Waals surface area (Å²) in [6.07, 6.45) is 0. The number of nitriles is 1. The molecule has 1 heterocycles. The Balaban J connectivity index is 2.66. The topological polar surface area (TPSA) is 41.6 Å². The molecule has 0 spiro atoms.